The number of benzene rings is 1. The van der Waals surface area contributed by atoms with Gasteiger partial charge in [0.05, 0.1) is 15.7 Å². The summed E-state index contributed by atoms with van der Waals surface area (Å²) in [5.74, 6) is 1.12. The molecule has 1 N–H and O–H groups in total. The Labute approximate surface area is 128 Å². The summed E-state index contributed by atoms with van der Waals surface area (Å²) in [5, 5.41) is 4.18. The molecule has 4 nitrogen and oxygen atoms in total. The number of ether oxygens (including phenoxy) is 1. The second-order valence-electron chi connectivity index (χ2n) is 4.81. The van der Waals surface area contributed by atoms with Crippen molar-refractivity contribution < 1.29 is 9.15 Å². The zero-order chi connectivity index (χ0) is 14.5. The first kappa shape index (κ1) is 15.2. The predicted molar refractivity (Wildman–Crippen MR) is 79.6 cm³/mol. The molecule has 0 aliphatic rings. The molecule has 0 saturated carbocycles. The Bertz CT molecular complexity index is 570. The molecule has 20 heavy (non-hydrogen) atoms. The minimum Gasteiger partial charge on any atom is -0.417 e. The van der Waals surface area contributed by atoms with Gasteiger partial charge in [0.2, 0.25) is 0 Å². The van der Waals surface area contributed by atoms with Crippen LogP contribution in [0.5, 0.6) is 11.8 Å². The smallest absolute Gasteiger partial charge is 0.399 e. The van der Waals surface area contributed by atoms with Crippen molar-refractivity contribution in [2.75, 3.05) is 6.54 Å². The zero-order valence-electron chi connectivity index (χ0n) is 11.3. The molecule has 0 spiro atoms. The number of hydrogen-bond donors (Lipinski definition) is 1. The summed E-state index contributed by atoms with van der Waals surface area (Å²) in [7, 11) is 0. The third-order valence-corrected chi connectivity index (χ3v) is 3.22. The maximum Gasteiger partial charge on any atom is 0.399 e. The van der Waals surface area contributed by atoms with Crippen LogP contribution in [0.25, 0.3) is 0 Å². The van der Waals surface area contributed by atoms with Gasteiger partial charge in [-0.15, -0.1) is 0 Å². The van der Waals surface area contributed by atoms with E-state index < -0.39 is 0 Å². The molecule has 0 bridgehead atoms. The van der Waals surface area contributed by atoms with E-state index in [2.05, 4.69) is 24.1 Å². The molecule has 1 heterocycles. The Morgan fingerprint density at radius 3 is 2.80 bits per heavy atom. The molecule has 6 heteroatoms. The lowest BCUT2D eigenvalue weighted by molar-refractivity contribution is 0.331. The first-order valence-electron chi connectivity index (χ1n) is 6.32. The number of hydrogen-bond acceptors (Lipinski definition) is 4. The second-order valence-corrected chi connectivity index (χ2v) is 5.62. The molecule has 0 saturated heterocycles. The average Bonchev–Trinajstić information content (AvgIpc) is 2.81. The van der Waals surface area contributed by atoms with Crippen LogP contribution >= 0.6 is 23.2 Å². The number of nitrogens with zero attached hydrogens (tertiary/aromatic N) is 1. The van der Waals surface area contributed by atoms with E-state index in [1.54, 1.807) is 24.5 Å². The van der Waals surface area contributed by atoms with Crippen molar-refractivity contribution in [3.63, 3.8) is 0 Å². The lowest BCUT2D eigenvalue weighted by atomic mass is 10.2. The molecule has 2 aromatic rings. The molecular formula is C14H16Cl2N2O2. The van der Waals surface area contributed by atoms with Crippen LogP contribution < -0.4 is 10.1 Å². The topological polar surface area (TPSA) is 47.3 Å². The van der Waals surface area contributed by atoms with E-state index in [1.807, 2.05) is 0 Å². The summed E-state index contributed by atoms with van der Waals surface area (Å²) in [6, 6.07) is 4.98. The minimum atomic E-state index is 0.185. The van der Waals surface area contributed by atoms with Gasteiger partial charge in [-0.05, 0) is 24.6 Å². The number of halogens is 2. The van der Waals surface area contributed by atoms with Gasteiger partial charge in [0, 0.05) is 12.6 Å². The van der Waals surface area contributed by atoms with E-state index in [0.717, 1.165) is 12.2 Å². The Kier molecular flexibility index (Phi) is 5.29. The fraction of sp³-hybridized carbons (Fsp3) is 0.357. The summed E-state index contributed by atoms with van der Waals surface area (Å²) in [6.45, 7) is 5.87. The van der Waals surface area contributed by atoms with Gasteiger partial charge in [-0.25, -0.2) is 0 Å². The summed E-state index contributed by atoms with van der Waals surface area (Å²) in [6.07, 6.45) is 1.75. The normalized spacial score (nSPS) is 11.1. The Hall–Kier alpha value is -1.23. The summed E-state index contributed by atoms with van der Waals surface area (Å²) >= 11 is 11.7. The van der Waals surface area contributed by atoms with E-state index in [1.165, 1.54) is 0 Å². The van der Waals surface area contributed by atoms with Gasteiger partial charge in [-0.3, -0.25) is 0 Å². The quantitative estimate of drug-likeness (QED) is 0.851. The van der Waals surface area contributed by atoms with Crippen molar-refractivity contribution in [1.82, 2.24) is 10.3 Å². The largest absolute Gasteiger partial charge is 0.417 e. The zero-order valence-corrected chi connectivity index (χ0v) is 12.8. The maximum atomic E-state index is 5.91. The lowest BCUT2D eigenvalue weighted by Gasteiger charge is -2.04. The maximum absolute atomic E-state index is 5.91. The van der Waals surface area contributed by atoms with Crippen LogP contribution in [-0.4, -0.2) is 11.5 Å². The average molecular weight is 315 g/mol. The van der Waals surface area contributed by atoms with E-state index in [0.29, 0.717) is 28.3 Å². The predicted octanol–water partition coefficient (Wildman–Crippen LogP) is 4.52. The van der Waals surface area contributed by atoms with Crippen LogP contribution in [0.4, 0.5) is 0 Å². The van der Waals surface area contributed by atoms with Gasteiger partial charge >= 0.3 is 6.08 Å². The van der Waals surface area contributed by atoms with Crippen LogP contribution in [0.15, 0.2) is 28.9 Å². The molecule has 0 aliphatic heterocycles. The molecular weight excluding hydrogens is 299 g/mol. The highest BCUT2D eigenvalue weighted by molar-refractivity contribution is 6.42. The highest BCUT2D eigenvalue weighted by Crippen LogP contribution is 2.29. The van der Waals surface area contributed by atoms with E-state index in [9.17, 15) is 0 Å². The molecule has 0 amide bonds. The molecule has 1 aromatic carbocycles. The van der Waals surface area contributed by atoms with Crippen molar-refractivity contribution in [2.24, 2.45) is 5.92 Å². The van der Waals surface area contributed by atoms with Crippen LogP contribution in [0.2, 0.25) is 10.0 Å². The Morgan fingerprint density at radius 1 is 1.30 bits per heavy atom. The third-order valence-electron chi connectivity index (χ3n) is 2.49. The molecule has 1 aromatic heterocycles. The standard InChI is InChI=1S/C14H16Cl2N2O2/c1-9(2)6-17-7-10-8-19-14(18-10)20-11-3-4-12(15)13(16)5-11/h3-5,8-9,17H,6-7H2,1-2H3. The monoisotopic (exact) mass is 314 g/mol. The van der Waals surface area contributed by atoms with E-state index in [4.69, 9.17) is 32.4 Å². The van der Waals surface area contributed by atoms with Crippen LogP contribution in [0.3, 0.4) is 0 Å². The number of oxazole rings is 1. The van der Waals surface area contributed by atoms with Gasteiger partial charge in [0.15, 0.2) is 0 Å². The van der Waals surface area contributed by atoms with Crippen molar-refractivity contribution in [3.05, 3.63) is 40.2 Å². The number of aromatic nitrogens is 1. The molecule has 0 aliphatic carbocycles. The van der Waals surface area contributed by atoms with Crippen LogP contribution in [0, 0.1) is 5.92 Å². The molecule has 108 valence electrons. The van der Waals surface area contributed by atoms with E-state index in [-0.39, 0.29) is 6.08 Å². The third kappa shape index (κ3) is 4.40. The molecule has 0 atom stereocenters. The van der Waals surface area contributed by atoms with Gasteiger partial charge in [0.1, 0.15) is 12.0 Å². The minimum absolute atomic E-state index is 0.185. The van der Waals surface area contributed by atoms with Gasteiger partial charge in [0.25, 0.3) is 0 Å². The van der Waals surface area contributed by atoms with Crippen molar-refractivity contribution in [2.45, 2.75) is 20.4 Å². The van der Waals surface area contributed by atoms with Gasteiger partial charge in [-0.2, -0.15) is 4.98 Å². The number of rotatable bonds is 6. The summed E-state index contributed by atoms with van der Waals surface area (Å²) < 4.78 is 10.7. The highest BCUT2D eigenvalue weighted by Gasteiger charge is 2.08. The fourth-order valence-electron chi connectivity index (χ4n) is 1.55. The molecule has 0 fully saturated rings. The second kappa shape index (κ2) is 6.97. The van der Waals surface area contributed by atoms with Crippen LogP contribution in [0.1, 0.15) is 19.5 Å². The van der Waals surface area contributed by atoms with Crippen molar-refractivity contribution in [3.8, 4) is 11.8 Å². The van der Waals surface area contributed by atoms with Crippen molar-refractivity contribution >= 4 is 23.2 Å². The molecule has 2 rings (SSSR count). The van der Waals surface area contributed by atoms with Gasteiger partial charge in [-0.1, -0.05) is 37.0 Å². The SMILES string of the molecule is CC(C)CNCc1coc(Oc2ccc(Cl)c(Cl)c2)n1. The van der Waals surface area contributed by atoms with E-state index >= 15 is 0 Å². The van der Waals surface area contributed by atoms with Gasteiger partial charge < -0.3 is 14.5 Å². The highest BCUT2D eigenvalue weighted by atomic mass is 35.5. The first-order chi connectivity index (χ1) is 9.54. The summed E-state index contributed by atoms with van der Waals surface area (Å²) in [4.78, 5) is 4.23. The van der Waals surface area contributed by atoms with Crippen LogP contribution in [-0.2, 0) is 6.54 Å². The fourth-order valence-corrected chi connectivity index (χ4v) is 1.83. The first-order valence-corrected chi connectivity index (χ1v) is 7.08. The molecule has 0 radical (unpaired) electrons. The number of nitrogens with one attached hydrogen (secondary N) is 1. The Balaban J connectivity index is 1.93. The molecule has 0 unspecified atom stereocenters. The lowest BCUT2D eigenvalue weighted by Crippen LogP contribution is -2.19. The van der Waals surface area contributed by atoms with Crippen molar-refractivity contribution in [1.29, 1.82) is 0 Å². The Morgan fingerprint density at radius 2 is 2.10 bits per heavy atom. The summed E-state index contributed by atoms with van der Waals surface area (Å²) in [5.41, 5.74) is 0.792.